The van der Waals surface area contributed by atoms with Crippen LogP contribution in [0.1, 0.15) is 6.92 Å². The Morgan fingerprint density at radius 2 is 2.19 bits per heavy atom. The maximum atomic E-state index is 11.6. The van der Waals surface area contributed by atoms with E-state index >= 15 is 0 Å². The fourth-order valence-corrected chi connectivity index (χ4v) is 1.61. The van der Waals surface area contributed by atoms with Crippen LogP contribution in [0.2, 0.25) is 0 Å². The maximum absolute atomic E-state index is 11.6. The standard InChI is InChI=1S/C10H10N4OS/c1-7(12)8(5-11)9(15)6-16-10-13-3-2-4-14-10/h2-4H,6,12H2,1H3/b8-7-. The first-order valence-electron chi connectivity index (χ1n) is 4.44. The molecule has 1 heterocycles. The number of carbonyl (C=O) groups is 1. The van der Waals surface area contributed by atoms with Crippen molar-refractivity contribution in [2.75, 3.05) is 5.75 Å². The average Bonchev–Trinajstić information content (AvgIpc) is 2.28. The van der Waals surface area contributed by atoms with Crippen molar-refractivity contribution in [1.82, 2.24) is 9.97 Å². The minimum atomic E-state index is -0.306. The smallest absolute Gasteiger partial charge is 0.187 e. The molecule has 0 atom stereocenters. The predicted octanol–water partition coefficient (Wildman–Crippen LogP) is 0.894. The molecule has 6 heteroatoms. The second kappa shape index (κ2) is 5.88. The number of hydrogen-bond donors (Lipinski definition) is 1. The summed E-state index contributed by atoms with van der Waals surface area (Å²) in [4.78, 5) is 19.5. The Morgan fingerprint density at radius 3 is 2.69 bits per heavy atom. The molecule has 2 N–H and O–H groups in total. The Labute approximate surface area is 97.4 Å². The number of allylic oxidation sites excluding steroid dienone is 2. The summed E-state index contributed by atoms with van der Waals surface area (Å²) in [5, 5.41) is 9.22. The Kier molecular flexibility index (Phi) is 4.48. The molecular formula is C10H10N4OS. The lowest BCUT2D eigenvalue weighted by Gasteiger charge is -1.99. The lowest BCUT2D eigenvalue weighted by atomic mass is 10.2. The van der Waals surface area contributed by atoms with Crippen LogP contribution in [0.3, 0.4) is 0 Å². The maximum Gasteiger partial charge on any atom is 0.187 e. The van der Waals surface area contributed by atoms with E-state index in [1.165, 1.54) is 18.7 Å². The van der Waals surface area contributed by atoms with Crippen LogP contribution < -0.4 is 5.73 Å². The van der Waals surface area contributed by atoms with Gasteiger partial charge in [-0.25, -0.2) is 9.97 Å². The second-order valence-electron chi connectivity index (χ2n) is 2.91. The summed E-state index contributed by atoms with van der Waals surface area (Å²) < 4.78 is 0. The Morgan fingerprint density at radius 1 is 1.56 bits per heavy atom. The molecule has 0 aliphatic carbocycles. The number of ketones is 1. The molecule has 0 aliphatic heterocycles. The molecule has 0 aromatic carbocycles. The van der Waals surface area contributed by atoms with Gasteiger partial charge in [0.05, 0.1) is 5.75 Å². The van der Waals surface area contributed by atoms with Gasteiger partial charge in [0, 0.05) is 18.1 Å². The lowest BCUT2D eigenvalue weighted by Crippen LogP contribution is -2.10. The van der Waals surface area contributed by atoms with Gasteiger partial charge in [-0.15, -0.1) is 0 Å². The van der Waals surface area contributed by atoms with E-state index in [1.807, 2.05) is 0 Å². The summed E-state index contributed by atoms with van der Waals surface area (Å²) in [5.74, 6) is -0.193. The van der Waals surface area contributed by atoms with Crippen LogP contribution in [-0.2, 0) is 4.79 Å². The third-order valence-corrected chi connectivity index (χ3v) is 2.53. The zero-order chi connectivity index (χ0) is 12.0. The van der Waals surface area contributed by atoms with Gasteiger partial charge >= 0.3 is 0 Å². The molecule has 82 valence electrons. The van der Waals surface area contributed by atoms with Gasteiger partial charge < -0.3 is 5.73 Å². The molecule has 0 radical (unpaired) electrons. The van der Waals surface area contributed by atoms with Gasteiger partial charge in [0.2, 0.25) is 0 Å². The molecule has 16 heavy (non-hydrogen) atoms. The van der Waals surface area contributed by atoms with E-state index in [0.717, 1.165) is 0 Å². The minimum Gasteiger partial charge on any atom is -0.401 e. The molecule has 1 aromatic rings. The number of rotatable bonds is 4. The fourth-order valence-electron chi connectivity index (χ4n) is 0.933. The van der Waals surface area contributed by atoms with E-state index in [9.17, 15) is 4.79 Å². The summed E-state index contributed by atoms with van der Waals surface area (Å²) in [6.45, 7) is 1.53. The minimum absolute atomic E-state index is 0.00318. The van der Waals surface area contributed by atoms with Crippen molar-refractivity contribution in [2.45, 2.75) is 12.1 Å². The monoisotopic (exact) mass is 234 g/mol. The van der Waals surface area contributed by atoms with Gasteiger partial charge in [-0.05, 0) is 13.0 Å². The van der Waals surface area contributed by atoms with Gasteiger partial charge in [-0.2, -0.15) is 5.26 Å². The summed E-state index contributed by atoms with van der Waals surface area (Å²) in [6.07, 6.45) is 3.18. The number of nitrogens with zero attached hydrogens (tertiary/aromatic N) is 3. The molecule has 5 nitrogen and oxygen atoms in total. The van der Waals surface area contributed by atoms with Crippen molar-refractivity contribution >= 4 is 17.5 Å². The van der Waals surface area contributed by atoms with Gasteiger partial charge in [0.25, 0.3) is 0 Å². The van der Waals surface area contributed by atoms with Crippen molar-refractivity contribution in [3.63, 3.8) is 0 Å². The van der Waals surface area contributed by atoms with Crippen molar-refractivity contribution < 1.29 is 4.79 Å². The summed E-state index contributed by atoms with van der Waals surface area (Å²) in [6, 6.07) is 3.48. The van der Waals surface area contributed by atoms with Crippen molar-refractivity contribution in [3.8, 4) is 6.07 Å². The van der Waals surface area contributed by atoms with E-state index in [4.69, 9.17) is 11.0 Å². The topological polar surface area (TPSA) is 92.7 Å². The van der Waals surface area contributed by atoms with Gasteiger partial charge in [-0.1, -0.05) is 11.8 Å². The lowest BCUT2D eigenvalue weighted by molar-refractivity contribution is -0.112. The van der Waals surface area contributed by atoms with Crippen LogP contribution in [-0.4, -0.2) is 21.5 Å². The normalized spacial score (nSPS) is 11.5. The van der Waals surface area contributed by atoms with E-state index in [0.29, 0.717) is 5.16 Å². The zero-order valence-electron chi connectivity index (χ0n) is 8.67. The van der Waals surface area contributed by atoms with Crippen LogP contribution >= 0.6 is 11.8 Å². The highest BCUT2D eigenvalue weighted by atomic mass is 32.2. The van der Waals surface area contributed by atoms with E-state index in [1.54, 1.807) is 24.5 Å². The van der Waals surface area contributed by atoms with Crippen molar-refractivity contribution in [1.29, 1.82) is 5.26 Å². The van der Waals surface area contributed by atoms with Gasteiger partial charge in [0.15, 0.2) is 10.9 Å². The van der Waals surface area contributed by atoms with Gasteiger partial charge in [-0.3, -0.25) is 4.79 Å². The van der Waals surface area contributed by atoms with Gasteiger partial charge in [0.1, 0.15) is 11.6 Å². The van der Waals surface area contributed by atoms with Crippen LogP contribution in [0.25, 0.3) is 0 Å². The van der Waals surface area contributed by atoms with Crippen molar-refractivity contribution in [2.24, 2.45) is 5.73 Å². The highest BCUT2D eigenvalue weighted by Crippen LogP contribution is 2.13. The molecule has 0 fully saturated rings. The number of Topliss-reactive ketones (excluding diaryl/α,β-unsaturated/α-hetero) is 1. The Bertz CT molecular complexity index is 446. The molecule has 0 unspecified atom stereocenters. The molecule has 0 spiro atoms. The van der Waals surface area contributed by atoms with E-state index < -0.39 is 0 Å². The molecule has 0 amide bonds. The molecule has 0 saturated carbocycles. The van der Waals surface area contributed by atoms with E-state index in [-0.39, 0.29) is 22.8 Å². The quantitative estimate of drug-likeness (QED) is 0.360. The number of nitriles is 1. The molecular weight excluding hydrogens is 224 g/mol. The third kappa shape index (κ3) is 3.37. The highest BCUT2D eigenvalue weighted by molar-refractivity contribution is 7.99. The SMILES string of the molecule is C/C(N)=C(\C#N)C(=O)CSc1ncccn1. The summed E-state index contributed by atoms with van der Waals surface area (Å²) >= 11 is 1.18. The van der Waals surface area contributed by atoms with Crippen molar-refractivity contribution in [3.05, 3.63) is 29.7 Å². The molecule has 1 rings (SSSR count). The highest BCUT2D eigenvalue weighted by Gasteiger charge is 2.12. The number of hydrogen-bond acceptors (Lipinski definition) is 6. The zero-order valence-corrected chi connectivity index (χ0v) is 9.49. The molecule has 0 aliphatic rings. The summed E-state index contributed by atoms with van der Waals surface area (Å²) in [7, 11) is 0. The van der Waals surface area contributed by atoms with Crippen LogP contribution in [0.4, 0.5) is 0 Å². The molecule has 0 bridgehead atoms. The van der Waals surface area contributed by atoms with Crippen LogP contribution in [0, 0.1) is 11.3 Å². The second-order valence-corrected chi connectivity index (χ2v) is 3.86. The Balaban J connectivity index is 2.61. The average molecular weight is 234 g/mol. The number of carbonyl (C=O) groups excluding carboxylic acids is 1. The number of thioether (sulfide) groups is 1. The summed E-state index contributed by atoms with van der Waals surface area (Å²) in [5.41, 5.74) is 5.65. The van der Waals surface area contributed by atoms with Crippen LogP contribution in [0.15, 0.2) is 34.9 Å². The predicted molar refractivity (Wildman–Crippen MR) is 60.3 cm³/mol. The first-order valence-corrected chi connectivity index (χ1v) is 5.43. The number of aromatic nitrogens is 2. The first kappa shape index (κ1) is 12.2. The third-order valence-electron chi connectivity index (χ3n) is 1.66. The molecule has 0 saturated heterocycles. The first-order chi connectivity index (χ1) is 7.65. The largest absolute Gasteiger partial charge is 0.401 e. The van der Waals surface area contributed by atoms with E-state index in [2.05, 4.69) is 9.97 Å². The van der Waals surface area contributed by atoms with Crippen LogP contribution in [0.5, 0.6) is 0 Å². The molecule has 1 aromatic heterocycles. The fraction of sp³-hybridized carbons (Fsp3) is 0.200. The Hall–Kier alpha value is -1.87. The number of nitrogens with two attached hydrogens (primary N) is 1.